The van der Waals surface area contributed by atoms with Gasteiger partial charge in [0, 0.05) is 12.3 Å². The van der Waals surface area contributed by atoms with Gasteiger partial charge in [-0.25, -0.2) is 0 Å². The Hall–Kier alpha value is -0.570. The average Bonchev–Trinajstić information content (AvgIpc) is 2.46. The normalized spacial score (nSPS) is 54.7. The highest BCUT2D eigenvalue weighted by Gasteiger charge is 2.58. The van der Waals surface area contributed by atoms with Crippen LogP contribution in [0.3, 0.4) is 0 Å². The Morgan fingerprint density at radius 2 is 1.86 bits per heavy atom. The van der Waals surface area contributed by atoms with Crippen molar-refractivity contribution < 1.29 is 14.6 Å². The summed E-state index contributed by atoms with van der Waals surface area (Å²) >= 11 is 0. The van der Waals surface area contributed by atoms with E-state index in [4.69, 9.17) is 4.74 Å². The quantitative estimate of drug-likeness (QED) is 0.694. The molecule has 1 heterocycles. The fourth-order valence-corrected chi connectivity index (χ4v) is 6.75. The van der Waals surface area contributed by atoms with Crippen molar-refractivity contribution in [3.63, 3.8) is 0 Å². The molecule has 4 fully saturated rings. The standard InChI is InChI=1S/C19H30O3/c1-18-9-7-13(20)11-12(18)3-4-14-15(18)8-10-19(2)16(14)5-6-17(21)22-19/h12-16,20H,3-11H2,1-2H3/t12-,13?,14-,15+,16+,18+,19+/m1/s1. The van der Waals surface area contributed by atoms with Crippen LogP contribution in [0.25, 0.3) is 0 Å². The van der Waals surface area contributed by atoms with Gasteiger partial charge in [0.2, 0.25) is 0 Å². The Kier molecular flexibility index (Phi) is 3.38. The van der Waals surface area contributed by atoms with Crippen LogP contribution in [0, 0.1) is 29.1 Å². The van der Waals surface area contributed by atoms with E-state index in [-0.39, 0.29) is 17.7 Å². The summed E-state index contributed by atoms with van der Waals surface area (Å²) in [6, 6.07) is 0. The van der Waals surface area contributed by atoms with E-state index in [1.54, 1.807) is 0 Å². The number of ether oxygens (including phenoxy) is 1. The molecule has 1 aliphatic heterocycles. The fraction of sp³-hybridized carbons (Fsp3) is 0.947. The van der Waals surface area contributed by atoms with E-state index in [9.17, 15) is 9.90 Å². The molecule has 0 aromatic heterocycles. The zero-order chi connectivity index (χ0) is 15.5. The van der Waals surface area contributed by atoms with Crippen molar-refractivity contribution >= 4 is 5.97 Å². The van der Waals surface area contributed by atoms with E-state index in [1.165, 1.54) is 25.7 Å². The SMILES string of the molecule is C[C@]12CCC(O)C[C@H]1CC[C@@H]1[C@@H]2CC[C@]2(C)OC(=O)CC[C@@H]12. The first kappa shape index (κ1) is 15.0. The molecule has 1 unspecified atom stereocenters. The van der Waals surface area contributed by atoms with Gasteiger partial charge in [-0.3, -0.25) is 4.79 Å². The first-order chi connectivity index (χ1) is 10.4. The molecule has 22 heavy (non-hydrogen) atoms. The molecule has 4 aliphatic rings. The van der Waals surface area contributed by atoms with E-state index < -0.39 is 0 Å². The topological polar surface area (TPSA) is 46.5 Å². The Balaban J connectivity index is 1.61. The number of rotatable bonds is 0. The molecule has 0 bridgehead atoms. The summed E-state index contributed by atoms with van der Waals surface area (Å²) in [5, 5.41) is 10.1. The molecule has 0 radical (unpaired) electrons. The highest BCUT2D eigenvalue weighted by molar-refractivity contribution is 5.70. The zero-order valence-electron chi connectivity index (χ0n) is 14.0. The maximum atomic E-state index is 11.8. The van der Waals surface area contributed by atoms with Gasteiger partial charge < -0.3 is 9.84 Å². The number of hydrogen-bond donors (Lipinski definition) is 1. The van der Waals surface area contributed by atoms with Gasteiger partial charge in [-0.2, -0.15) is 0 Å². The summed E-state index contributed by atoms with van der Waals surface area (Å²) in [6.45, 7) is 4.68. The molecule has 3 heteroatoms. The van der Waals surface area contributed by atoms with Crippen LogP contribution in [0.2, 0.25) is 0 Å². The molecule has 3 aliphatic carbocycles. The Morgan fingerprint density at radius 3 is 2.68 bits per heavy atom. The molecule has 7 atom stereocenters. The summed E-state index contributed by atoms with van der Waals surface area (Å²) in [5.41, 5.74) is 0.207. The lowest BCUT2D eigenvalue weighted by molar-refractivity contribution is -0.204. The summed E-state index contributed by atoms with van der Waals surface area (Å²) in [6.07, 6.45) is 9.52. The van der Waals surface area contributed by atoms with Crippen molar-refractivity contribution in [2.45, 2.75) is 83.3 Å². The van der Waals surface area contributed by atoms with E-state index in [0.29, 0.717) is 23.7 Å². The molecule has 3 nitrogen and oxygen atoms in total. The number of carbonyl (C=O) groups excluding carboxylic acids is 1. The molecule has 3 saturated carbocycles. The maximum Gasteiger partial charge on any atom is 0.306 e. The number of fused-ring (bicyclic) bond motifs is 5. The third-order valence-corrected chi connectivity index (χ3v) is 7.98. The van der Waals surface area contributed by atoms with Crippen LogP contribution < -0.4 is 0 Å². The Bertz CT molecular complexity index is 475. The predicted octanol–water partition coefficient (Wildman–Crippen LogP) is 3.69. The van der Waals surface area contributed by atoms with Gasteiger partial charge in [0.1, 0.15) is 5.60 Å². The monoisotopic (exact) mass is 306 g/mol. The number of carbonyl (C=O) groups is 1. The third kappa shape index (κ3) is 2.07. The van der Waals surface area contributed by atoms with Crippen molar-refractivity contribution in [1.29, 1.82) is 0 Å². The lowest BCUT2D eigenvalue weighted by atomic mass is 9.46. The predicted molar refractivity (Wildman–Crippen MR) is 84.1 cm³/mol. The highest BCUT2D eigenvalue weighted by Crippen LogP contribution is 2.63. The van der Waals surface area contributed by atoms with Crippen LogP contribution in [0.5, 0.6) is 0 Å². The van der Waals surface area contributed by atoms with E-state index in [0.717, 1.165) is 37.5 Å². The minimum atomic E-state index is -0.201. The average molecular weight is 306 g/mol. The lowest BCUT2D eigenvalue weighted by Crippen LogP contribution is -2.58. The maximum absolute atomic E-state index is 11.8. The molecule has 4 rings (SSSR count). The molecule has 1 N–H and O–H groups in total. The smallest absolute Gasteiger partial charge is 0.306 e. The van der Waals surface area contributed by atoms with Gasteiger partial charge in [-0.05, 0) is 81.5 Å². The van der Waals surface area contributed by atoms with Crippen molar-refractivity contribution in [2.75, 3.05) is 0 Å². The van der Waals surface area contributed by atoms with Crippen LogP contribution in [0.4, 0.5) is 0 Å². The Morgan fingerprint density at radius 1 is 1.05 bits per heavy atom. The van der Waals surface area contributed by atoms with Gasteiger partial charge in [0.25, 0.3) is 0 Å². The number of esters is 1. The van der Waals surface area contributed by atoms with Gasteiger partial charge in [-0.1, -0.05) is 6.92 Å². The summed E-state index contributed by atoms with van der Waals surface area (Å²) in [7, 11) is 0. The minimum Gasteiger partial charge on any atom is -0.459 e. The lowest BCUT2D eigenvalue weighted by Gasteiger charge is -2.61. The molecular weight excluding hydrogens is 276 g/mol. The van der Waals surface area contributed by atoms with Gasteiger partial charge >= 0.3 is 5.97 Å². The van der Waals surface area contributed by atoms with E-state index >= 15 is 0 Å². The van der Waals surface area contributed by atoms with Crippen LogP contribution >= 0.6 is 0 Å². The fourth-order valence-electron chi connectivity index (χ4n) is 6.75. The molecular formula is C19H30O3. The molecule has 124 valence electrons. The third-order valence-electron chi connectivity index (χ3n) is 7.98. The van der Waals surface area contributed by atoms with Crippen molar-refractivity contribution in [1.82, 2.24) is 0 Å². The molecule has 0 spiro atoms. The van der Waals surface area contributed by atoms with Crippen LogP contribution in [-0.4, -0.2) is 22.8 Å². The molecule has 1 saturated heterocycles. The van der Waals surface area contributed by atoms with Crippen LogP contribution in [0.15, 0.2) is 0 Å². The first-order valence-corrected chi connectivity index (χ1v) is 9.32. The summed E-state index contributed by atoms with van der Waals surface area (Å²) in [4.78, 5) is 11.8. The second-order valence-electron chi connectivity index (χ2n) is 8.95. The largest absolute Gasteiger partial charge is 0.459 e. The van der Waals surface area contributed by atoms with Crippen LogP contribution in [0.1, 0.15) is 71.6 Å². The van der Waals surface area contributed by atoms with E-state index in [1.807, 2.05) is 0 Å². The van der Waals surface area contributed by atoms with Gasteiger partial charge in [-0.15, -0.1) is 0 Å². The second kappa shape index (κ2) is 4.96. The first-order valence-electron chi connectivity index (χ1n) is 9.32. The number of aliphatic hydroxyl groups excluding tert-OH is 1. The van der Waals surface area contributed by atoms with Crippen molar-refractivity contribution in [3.8, 4) is 0 Å². The number of aliphatic hydroxyl groups is 1. The Labute approximate surface area is 133 Å². The zero-order valence-corrected chi connectivity index (χ0v) is 14.0. The van der Waals surface area contributed by atoms with Crippen molar-refractivity contribution in [3.05, 3.63) is 0 Å². The molecule has 0 aromatic carbocycles. The van der Waals surface area contributed by atoms with Crippen molar-refractivity contribution in [2.24, 2.45) is 29.1 Å². The number of hydrogen-bond acceptors (Lipinski definition) is 3. The minimum absolute atomic E-state index is 0.0119. The van der Waals surface area contributed by atoms with Gasteiger partial charge in [0.15, 0.2) is 0 Å². The highest BCUT2D eigenvalue weighted by atomic mass is 16.6. The summed E-state index contributed by atoms with van der Waals surface area (Å²) in [5.74, 6) is 2.77. The summed E-state index contributed by atoms with van der Waals surface area (Å²) < 4.78 is 5.83. The second-order valence-corrected chi connectivity index (χ2v) is 8.95. The molecule has 0 aromatic rings. The van der Waals surface area contributed by atoms with Gasteiger partial charge in [0.05, 0.1) is 6.10 Å². The van der Waals surface area contributed by atoms with Crippen LogP contribution in [-0.2, 0) is 9.53 Å². The molecule has 0 amide bonds. The van der Waals surface area contributed by atoms with E-state index in [2.05, 4.69) is 13.8 Å².